The Morgan fingerprint density at radius 3 is 2.29 bits per heavy atom. The van der Waals surface area contributed by atoms with Gasteiger partial charge >= 0.3 is 0 Å². The Morgan fingerprint density at radius 2 is 1.88 bits per heavy atom. The average Bonchev–Trinajstić information content (AvgIpc) is 2.27. The number of hydrogen-bond donors (Lipinski definition) is 1. The van der Waals surface area contributed by atoms with Gasteiger partial charge in [0.1, 0.15) is 0 Å². The summed E-state index contributed by atoms with van der Waals surface area (Å²) in [5.74, 6) is -0.0158. The van der Waals surface area contributed by atoms with Crippen LogP contribution in [0.25, 0.3) is 0 Å². The standard InChI is InChI=1S/C12H17BrN2O.ClH/c1-9(2)15(12(16)7-14)8-10-3-5-11(13)6-4-10;/h3-6,9H,7-8,14H2,1-2H3;1H. The minimum Gasteiger partial charge on any atom is -0.335 e. The zero-order valence-electron chi connectivity index (χ0n) is 10.0. The molecule has 0 aliphatic heterocycles. The SMILES string of the molecule is CC(C)N(Cc1ccc(Br)cc1)C(=O)CN.Cl. The molecule has 0 aliphatic carbocycles. The van der Waals surface area contributed by atoms with Gasteiger partial charge in [0.05, 0.1) is 6.54 Å². The molecule has 0 spiro atoms. The minimum atomic E-state index is -0.0158. The number of benzene rings is 1. The highest BCUT2D eigenvalue weighted by molar-refractivity contribution is 9.10. The topological polar surface area (TPSA) is 46.3 Å². The Bertz CT molecular complexity index is 354. The molecule has 96 valence electrons. The summed E-state index contributed by atoms with van der Waals surface area (Å²) in [6, 6.07) is 8.12. The van der Waals surface area contributed by atoms with Gasteiger partial charge in [0.15, 0.2) is 0 Å². The van der Waals surface area contributed by atoms with E-state index in [1.165, 1.54) is 0 Å². The molecular weight excluding hydrogens is 304 g/mol. The molecule has 0 radical (unpaired) electrons. The van der Waals surface area contributed by atoms with Gasteiger partial charge in [0.25, 0.3) is 0 Å². The molecule has 3 nitrogen and oxygen atoms in total. The van der Waals surface area contributed by atoms with Crippen LogP contribution in [0, 0.1) is 0 Å². The quantitative estimate of drug-likeness (QED) is 0.926. The summed E-state index contributed by atoms with van der Waals surface area (Å²) in [6.45, 7) is 4.66. The Kier molecular flexibility index (Phi) is 7.43. The van der Waals surface area contributed by atoms with Gasteiger partial charge < -0.3 is 10.6 Å². The smallest absolute Gasteiger partial charge is 0.236 e. The summed E-state index contributed by atoms with van der Waals surface area (Å²) >= 11 is 3.38. The van der Waals surface area contributed by atoms with Gasteiger partial charge in [-0.25, -0.2) is 0 Å². The van der Waals surface area contributed by atoms with Crippen LogP contribution in [0.2, 0.25) is 0 Å². The zero-order valence-corrected chi connectivity index (χ0v) is 12.4. The number of amides is 1. The highest BCUT2D eigenvalue weighted by atomic mass is 79.9. The molecule has 1 aromatic rings. The van der Waals surface area contributed by atoms with E-state index in [4.69, 9.17) is 5.73 Å². The second kappa shape index (κ2) is 7.69. The molecule has 0 unspecified atom stereocenters. The predicted molar refractivity (Wildman–Crippen MR) is 76.1 cm³/mol. The molecule has 1 amide bonds. The molecule has 1 rings (SSSR count). The molecule has 0 saturated carbocycles. The van der Waals surface area contributed by atoms with Crippen molar-refractivity contribution in [1.29, 1.82) is 0 Å². The summed E-state index contributed by atoms with van der Waals surface area (Å²) in [4.78, 5) is 13.4. The maximum Gasteiger partial charge on any atom is 0.236 e. The van der Waals surface area contributed by atoms with Crippen molar-refractivity contribution in [3.8, 4) is 0 Å². The molecule has 0 aliphatic rings. The van der Waals surface area contributed by atoms with E-state index in [1.54, 1.807) is 4.90 Å². The molecule has 0 bridgehead atoms. The van der Waals surface area contributed by atoms with E-state index in [0.717, 1.165) is 10.0 Å². The lowest BCUT2D eigenvalue weighted by Gasteiger charge is -2.26. The van der Waals surface area contributed by atoms with Crippen molar-refractivity contribution in [3.63, 3.8) is 0 Å². The van der Waals surface area contributed by atoms with Crippen molar-refractivity contribution in [2.45, 2.75) is 26.4 Å². The lowest BCUT2D eigenvalue weighted by atomic mass is 10.2. The van der Waals surface area contributed by atoms with Gasteiger partial charge in [-0.05, 0) is 31.5 Å². The lowest BCUT2D eigenvalue weighted by molar-refractivity contribution is -0.132. The fourth-order valence-corrected chi connectivity index (χ4v) is 1.73. The van der Waals surface area contributed by atoms with Crippen LogP contribution in [0.4, 0.5) is 0 Å². The highest BCUT2D eigenvalue weighted by Crippen LogP contribution is 2.13. The maximum atomic E-state index is 11.6. The van der Waals surface area contributed by atoms with Crippen LogP contribution in [-0.2, 0) is 11.3 Å². The Morgan fingerprint density at radius 1 is 1.35 bits per heavy atom. The van der Waals surface area contributed by atoms with Crippen LogP contribution >= 0.6 is 28.3 Å². The molecule has 0 heterocycles. The largest absolute Gasteiger partial charge is 0.335 e. The number of carbonyl (C=O) groups is 1. The number of rotatable bonds is 4. The van der Waals surface area contributed by atoms with E-state index in [9.17, 15) is 4.79 Å². The third kappa shape index (κ3) is 5.06. The predicted octanol–water partition coefficient (Wildman–Crippen LogP) is 2.57. The number of halogens is 2. The summed E-state index contributed by atoms with van der Waals surface area (Å²) in [6.07, 6.45) is 0. The van der Waals surface area contributed by atoms with E-state index in [2.05, 4.69) is 15.9 Å². The Labute approximate surface area is 117 Å². The third-order valence-electron chi connectivity index (χ3n) is 2.38. The van der Waals surface area contributed by atoms with Crippen LogP contribution in [-0.4, -0.2) is 23.4 Å². The summed E-state index contributed by atoms with van der Waals surface area (Å²) in [7, 11) is 0. The molecule has 5 heteroatoms. The van der Waals surface area contributed by atoms with Crippen molar-refractivity contribution in [2.75, 3.05) is 6.54 Å². The van der Waals surface area contributed by atoms with Crippen LogP contribution in [0.1, 0.15) is 19.4 Å². The molecular formula is C12H18BrClN2O. The number of nitrogens with two attached hydrogens (primary N) is 1. The number of nitrogens with zero attached hydrogens (tertiary/aromatic N) is 1. The Hall–Kier alpha value is -0.580. The summed E-state index contributed by atoms with van der Waals surface area (Å²) in [5.41, 5.74) is 6.50. The third-order valence-corrected chi connectivity index (χ3v) is 2.91. The maximum absolute atomic E-state index is 11.6. The lowest BCUT2D eigenvalue weighted by Crippen LogP contribution is -2.40. The normalized spacial score (nSPS) is 9.94. The first-order valence-corrected chi connectivity index (χ1v) is 6.08. The molecule has 0 fully saturated rings. The average molecular weight is 322 g/mol. The van der Waals surface area contributed by atoms with Gasteiger partial charge in [-0.3, -0.25) is 4.79 Å². The first-order chi connectivity index (χ1) is 7.54. The van der Waals surface area contributed by atoms with Crippen molar-refractivity contribution in [2.24, 2.45) is 5.73 Å². The Balaban J connectivity index is 0.00000256. The number of hydrogen-bond acceptors (Lipinski definition) is 2. The fourth-order valence-electron chi connectivity index (χ4n) is 1.46. The van der Waals surface area contributed by atoms with Gasteiger partial charge in [-0.1, -0.05) is 28.1 Å². The zero-order chi connectivity index (χ0) is 12.1. The van der Waals surface area contributed by atoms with E-state index in [-0.39, 0.29) is 30.9 Å². The first kappa shape index (κ1) is 16.4. The number of carbonyl (C=O) groups excluding carboxylic acids is 1. The van der Waals surface area contributed by atoms with E-state index in [1.807, 2.05) is 38.1 Å². The van der Waals surface area contributed by atoms with Gasteiger partial charge in [-0.15, -0.1) is 12.4 Å². The molecule has 0 saturated heterocycles. The molecule has 17 heavy (non-hydrogen) atoms. The van der Waals surface area contributed by atoms with Crippen molar-refractivity contribution in [1.82, 2.24) is 4.90 Å². The van der Waals surface area contributed by atoms with Crippen molar-refractivity contribution < 1.29 is 4.79 Å². The summed E-state index contributed by atoms with van der Waals surface area (Å²) in [5, 5.41) is 0. The van der Waals surface area contributed by atoms with Crippen LogP contribution in [0.5, 0.6) is 0 Å². The molecule has 0 aromatic heterocycles. The van der Waals surface area contributed by atoms with Crippen molar-refractivity contribution >= 4 is 34.2 Å². The monoisotopic (exact) mass is 320 g/mol. The highest BCUT2D eigenvalue weighted by Gasteiger charge is 2.15. The van der Waals surface area contributed by atoms with E-state index >= 15 is 0 Å². The molecule has 1 aromatic carbocycles. The van der Waals surface area contributed by atoms with Crippen LogP contribution in [0.15, 0.2) is 28.7 Å². The van der Waals surface area contributed by atoms with E-state index in [0.29, 0.717) is 6.54 Å². The van der Waals surface area contributed by atoms with Crippen molar-refractivity contribution in [3.05, 3.63) is 34.3 Å². The minimum absolute atomic E-state index is 0. The van der Waals surface area contributed by atoms with Crippen LogP contribution < -0.4 is 5.73 Å². The van der Waals surface area contributed by atoms with Gasteiger partial charge in [-0.2, -0.15) is 0 Å². The van der Waals surface area contributed by atoms with Gasteiger partial charge in [0.2, 0.25) is 5.91 Å². The second-order valence-corrected chi connectivity index (χ2v) is 4.86. The van der Waals surface area contributed by atoms with Gasteiger partial charge in [0, 0.05) is 17.1 Å². The summed E-state index contributed by atoms with van der Waals surface area (Å²) < 4.78 is 1.04. The second-order valence-electron chi connectivity index (χ2n) is 3.95. The van der Waals surface area contributed by atoms with Crippen LogP contribution in [0.3, 0.4) is 0 Å². The first-order valence-electron chi connectivity index (χ1n) is 5.28. The molecule has 0 atom stereocenters. The van der Waals surface area contributed by atoms with E-state index < -0.39 is 0 Å². The fraction of sp³-hybridized carbons (Fsp3) is 0.417. The molecule has 2 N–H and O–H groups in total.